The predicted octanol–water partition coefficient (Wildman–Crippen LogP) is 3.11. The van der Waals surface area contributed by atoms with E-state index >= 15 is 0 Å². The summed E-state index contributed by atoms with van der Waals surface area (Å²) >= 11 is 0. The summed E-state index contributed by atoms with van der Waals surface area (Å²) in [5.41, 5.74) is 2.78. The normalized spacial score (nSPS) is 12.7. The van der Waals surface area contributed by atoms with Crippen molar-refractivity contribution in [2.24, 2.45) is 0 Å². The summed E-state index contributed by atoms with van der Waals surface area (Å²) in [5.74, 6) is -0.246. The first-order valence-electron chi connectivity index (χ1n) is 10.0. The Morgan fingerprint density at radius 3 is 2.39 bits per heavy atom. The van der Waals surface area contributed by atoms with Gasteiger partial charge in [-0.15, -0.1) is 0 Å². The summed E-state index contributed by atoms with van der Waals surface area (Å²) in [6.45, 7) is 1.31. The molecule has 1 amide bonds. The van der Waals surface area contributed by atoms with Crippen molar-refractivity contribution in [1.29, 1.82) is 0 Å². The van der Waals surface area contributed by atoms with Crippen LogP contribution in [0.4, 0.5) is 0 Å². The SMILES string of the molecule is CCc1cccc(CCCCCCCCC(=O)N[C@H](CO)COP(=O)(O)O)c1. The minimum atomic E-state index is -4.60. The molecule has 8 heteroatoms. The van der Waals surface area contributed by atoms with Gasteiger partial charge in [0.05, 0.1) is 19.3 Å². The quantitative estimate of drug-likeness (QED) is 0.258. The second kappa shape index (κ2) is 13.9. The molecular weight excluding hydrogens is 381 g/mol. The lowest BCUT2D eigenvalue weighted by Gasteiger charge is -2.16. The Kier molecular flexibility index (Phi) is 12.3. The first-order chi connectivity index (χ1) is 13.3. The zero-order chi connectivity index (χ0) is 20.8. The van der Waals surface area contributed by atoms with Crippen LogP contribution in [0.15, 0.2) is 24.3 Å². The Morgan fingerprint density at radius 1 is 1.11 bits per heavy atom. The molecule has 4 N–H and O–H groups in total. The first kappa shape index (κ1) is 24.8. The molecule has 0 spiro atoms. The van der Waals surface area contributed by atoms with Crippen molar-refractivity contribution in [2.75, 3.05) is 13.2 Å². The maximum atomic E-state index is 11.8. The number of hydrogen-bond donors (Lipinski definition) is 4. The highest BCUT2D eigenvalue weighted by Crippen LogP contribution is 2.35. The zero-order valence-corrected chi connectivity index (χ0v) is 17.6. The third-order valence-corrected chi connectivity index (χ3v) is 5.03. The lowest BCUT2D eigenvalue weighted by Crippen LogP contribution is -2.40. The standard InChI is InChI=1S/C20H34NO6P/c1-2-17-11-9-12-18(14-17)10-7-5-3-4-6-8-13-20(23)21-19(15-22)16-27-28(24,25)26/h9,11-12,14,19,22H,2-8,10,13,15-16H2,1H3,(H,21,23)(H2,24,25,26)/t19-/m1/s1. The molecule has 7 nitrogen and oxygen atoms in total. The number of carbonyl (C=O) groups is 1. The highest BCUT2D eigenvalue weighted by Gasteiger charge is 2.19. The number of aryl methyl sites for hydroxylation is 2. The van der Waals surface area contributed by atoms with Crippen LogP contribution in [0.5, 0.6) is 0 Å². The number of nitrogens with one attached hydrogen (secondary N) is 1. The van der Waals surface area contributed by atoms with Gasteiger partial charge in [0.25, 0.3) is 0 Å². The lowest BCUT2D eigenvalue weighted by molar-refractivity contribution is -0.122. The average molecular weight is 415 g/mol. The highest BCUT2D eigenvalue weighted by atomic mass is 31.2. The van der Waals surface area contributed by atoms with Gasteiger partial charge in [0.1, 0.15) is 0 Å². The van der Waals surface area contributed by atoms with Gasteiger partial charge in [0.15, 0.2) is 0 Å². The van der Waals surface area contributed by atoms with E-state index < -0.39 is 27.1 Å². The van der Waals surface area contributed by atoms with Crippen molar-refractivity contribution in [2.45, 2.75) is 70.8 Å². The van der Waals surface area contributed by atoms with Crippen LogP contribution in [0, 0.1) is 0 Å². The van der Waals surface area contributed by atoms with Gasteiger partial charge in [0.2, 0.25) is 5.91 Å². The van der Waals surface area contributed by atoms with Gasteiger partial charge < -0.3 is 20.2 Å². The van der Waals surface area contributed by atoms with Crippen molar-refractivity contribution in [3.8, 4) is 0 Å². The minimum absolute atomic E-state index is 0.246. The topological polar surface area (TPSA) is 116 Å². The van der Waals surface area contributed by atoms with Crippen LogP contribution in [0.2, 0.25) is 0 Å². The molecule has 0 heterocycles. The van der Waals surface area contributed by atoms with Crippen molar-refractivity contribution in [3.05, 3.63) is 35.4 Å². The molecule has 0 aromatic heterocycles. The Morgan fingerprint density at radius 2 is 1.75 bits per heavy atom. The molecule has 1 aromatic carbocycles. The molecule has 1 rings (SSSR count). The van der Waals surface area contributed by atoms with Crippen LogP contribution in [-0.2, 0) is 26.7 Å². The van der Waals surface area contributed by atoms with E-state index in [2.05, 4.69) is 41.0 Å². The number of phosphoric acid groups is 1. The number of aliphatic hydroxyl groups excluding tert-OH is 1. The Hall–Kier alpha value is -1.24. The Balaban J connectivity index is 2.05. The largest absolute Gasteiger partial charge is 0.469 e. The highest BCUT2D eigenvalue weighted by molar-refractivity contribution is 7.46. The fourth-order valence-electron chi connectivity index (χ4n) is 2.95. The molecule has 0 bridgehead atoms. The molecule has 0 fully saturated rings. The maximum Gasteiger partial charge on any atom is 0.469 e. The average Bonchev–Trinajstić information content (AvgIpc) is 2.66. The predicted molar refractivity (Wildman–Crippen MR) is 109 cm³/mol. The number of aliphatic hydroxyl groups is 1. The number of rotatable bonds is 15. The zero-order valence-electron chi connectivity index (χ0n) is 16.7. The first-order valence-corrected chi connectivity index (χ1v) is 11.5. The van der Waals surface area contributed by atoms with E-state index in [4.69, 9.17) is 14.9 Å². The molecule has 28 heavy (non-hydrogen) atoms. The van der Waals surface area contributed by atoms with Crippen LogP contribution in [0.25, 0.3) is 0 Å². The van der Waals surface area contributed by atoms with Gasteiger partial charge in [-0.1, -0.05) is 56.9 Å². The monoisotopic (exact) mass is 415 g/mol. The number of amides is 1. The third-order valence-electron chi connectivity index (χ3n) is 4.55. The van der Waals surface area contributed by atoms with Gasteiger partial charge in [-0.05, 0) is 36.8 Å². The number of carbonyl (C=O) groups excluding carboxylic acids is 1. The summed E-state index contributed by atoms with van der Waals surface area (Å²) < 4.78 is 14.9. The molecule has 1 aromatic rings. The van der Waals surface area contributed by atoms with Crippen LogP contribution >= 0.6 is 7.82 Å². The smallest absolute Gasteiger partial charge is 0.394 e. The number of benzene rings is 1. The van der Waals surface area contributed by atoms with Crippen LogP contribution in [0.1, 0.15) is 63.0 Å². The minimum Gasteiger partial charge on any atom is -0.394 e. The summed E-state index contributed by atoms with van der Waals surface area (Å²) in [7, 11) is -4.60. The molecule has 0 unspecified atom stereocenters. The summed E-state index contributed by atoms with van der Waals surface area (Å²) in [6.07, 6.45) is 8.78. The molecule has 0 aliphatic heterocycles. The van der Waals surface area contributed by atoms with E-state index in [1.165, 1.54) is 24.0 Å². The van der Waals surface area contributed by atoms with E-state index in [9.17, 15) is 9.36 Å². The lowest BCUT2D eigenvalue weighted by atomic mass is 10.0. The summed E-state index contributed by atoms with van der Waals surface area (Å²) in [5, 5.41) is 11.6. The van der Waals surface area contributed by atoms with Gasteiger partial charge in [-0.25, -0.2) is 4.57 Å². The van der Waals surface area contributed by atoms with E-state index in [1.54, 1.807) is 0 Å². The van der Waals surface area contributed by atoms with Crippen molar-refractivity contribution >= 4 is 13.7 Å². The van der Waals surface area contributed by atoms with Crippen LogP contribution in [0.3, 0.4) is 0 Å². The summed E-state index contributed by atoms with van der Waals surface area (Å²) in [4.78, 5) is 29.1. The molecule has 1 atom stereocenters. The fourth-order valence-corrected chi connectivity index (χ4v) is 3.33. The fraction of sp³-hybridized carbons (Fsp3) is 0.650. The van der Waals surface area contributed by atoms with Gasteiger partial charge in [-0.2, -0.15) is 0 Å². The molecule has 0 saturated carbocycles. The number of hydrogen-bond acceptors (Lipinski definition) is 4. The van der Waals surface area contributed by atoms with Gasteiger partial charge >= 0.3 is 7.82 Å². The van der Waals surface area contributed by atoms with Gasteiger partial charge in [0, 0.05) is 6.42 Å². The Bertz CT molecular complexity index is 618. The molecule has 0 aliphatic carbocycles. The third kappa shape index (κ3) is 12.3. The number of unbranched alkanes of at least 4 members (excludes halogenated alkanes) is 5. The molecule has 0 saturated heterocycles. The van der Waals surface area contributed by atoms with Crippen LogP contribution < -0.4 is 5.32 Å². The molecule has 0 aliphatic rings. The van der Waals surface area contributed by atoms with Crippen molar-refractivity contribution in [1.82, 2.24) is 5.32 Å². The van der Waals surface area contributed by atoms with Crippen molar-refractivity contribution < 1.29 is 28.8 Å². The van der Waals surface area contributed by atoms with Crippen molar-refractivity contribution in [3.63, 3.8) is 0 Å². The van der Waals surface area contributed by atoms with E-state index in [0.717, 1.165) is 38.5 Å². The van der Waals surface area contributed by atoms with Crippen LogP contribution in [-0.4, -0.2) is 40.1 Å². The summed E-state index contributed by atoms with van der Waals surface area (Å²) in [6, 6.07) is 7.93. The van der Waals surface area contributed by atoms with E-state index in [1.807, 2.05) is 0 Å². The second-order valence-corrected chi connectivity index (χ2v) is 8.27. The van der Waals surface area contributed by atoms with E-state index in [0.29, 0.717) is 6.42 Å². The molecule has 0 radical (unpaired) electrons. The molecular formula is C20H34NO6P. The number of phosphoric ester groups is 1. The van der Waals surface area contributed by atoms with Gasteiger partial charge in [-0.3, -0.25) is 9.32 Å². The molecule has 160 valence electrons. The maximum absolute atomic E-state index is 11.8. The second-order valence-electron chi connectivity index (χ2n) is 7.03. The Labute approximate surface area is 167 Å². The van der Waals surface area contributed by atoms with E-state index in [-0.39, 0.29) is 5.91 Å².